The maximum absolute atomic E-state index is 9.22. The molecule has 0 aromatic carbocycles. The molecule has 0 saturated carbocycles. The van der Waals surface area contributed by atoms with Crippen molar-refractivity contribution < 1.29 is 0 Å². The lowest BCUT2D eigenvalue weighted by Gasteiger charge is -2.26. The van der Waals surface area contributed by atoms with Gasteiger partial charge in [-0.2, -0.15) is 15.6 Å². The van der Waals surface area contributed by atoms with Gasteiger partial charge in [-0.05, 0) is 39.7 Å². The second-order valence-electron chi connectivity index (χ2n) is 5.70. The number of likely N-dealkylation sites (tertiary alicyclic amines) is 1. The van der Waals surface area contributed by atoms with Crippen molar-refractivity contribution in [2.45, 2.75) is 52.1 Å². The Hall–Kier alpha value is -1.92. The molecule has 2 heterocycles. The van der Waals surface area contributed by atoms with E-state index in [-0.39, 0.29) is 5.92 Å². The highest BCUT2D eigenvalue weighted by Gasteiger charge is 2.27. The number of aromatic nitrogens is 3. The van der Waals surface area contributed by atoms with Crippen LogP contribution in [-0.4, -0.2) is 38.8 Å². The molecule has 21 heavy (non-hydrogen) atoms. The van der Waals surface area contributed by atoms with Crippen LogP contribution >= 0.6 is 0 Å². The van der Waals surface area contributed by atoms with E-state index < -0.39 is 0 Å². The molecule has 0 amide bonds. The van der Waals surface area contributed by atoms with Gasteiger partial charge in [0.25, 0.3) is 0 Å². The predicted molar refractivity (Wildman–Crippen MR) is 78.0 cm³/mol. The molecule has 0 bridgehead atoms. The van der Waals surface area contributed by atoms with E-state index in [0.29, 0.717) is 18.9 Å². The number of hydrogen-bond donors (Lipinski definition) is 0. The third-order valence-electron chi connectivity index (χ3n) is 4.09. The molecule has 1 aromatic rings. The average Bonchev–Trinajstić information content (AvgIpc) is 3.02. The minimum Gasteiger partial charge on any atom is -0.297 e. The molecule has 0 aliphatic carbocycles. The smallest absolute Gasteiger partial charge is 0.147 e. The van der Waals surface area contributed by atoms with Crippen LogP contribution in [0.2, 0.25) is 0 Å². The zero-order valence-corrected chi connectivity index (χ0v) is 12.8. The van der Waals surface area contributed by atoms with Gasteiger partial charge in [-0.3, -0.25) is 4.90 Å². The van der Waals surface area contributed by atoms with Gasteiger partial charge in [0.2, 0.25) is 0 Å². The Balaban J connectivity index is 1.95. The molecule has 112 valence electrons. The fourth-order valence-electron chi connectivity index (χ4n) is 2.99. The molecule has 1 aromatic heterocycles. The monoisotopic (exact) mass is 286 g/mol. The first-order valence-corrected chi connectivity index (χ1v) is 7.52. The molecule has 2 rings (SSSR count). The maximum Gasteiger partial charge on any atom is 0.147 e. The molecule has 2 atom stereocenters. The lowest BCUT2D eigenvalue weighted by Crippen LogP contribution is -2.37. The molecule has 6 heteroatoms. The second-order valence-corrected chi connectivity index (χ2v) is 5.70. The largest absolute Gasteiger partial charge is 0.297 e. The van der Waals surface area contributed by atoms with Crippen LogP contribution in [0.4, 0.5) is 0 Å². The quantitative estimate of drug-likeness (QED) is 0.796. The van der Waals surface area contributed by atoms with E-state index in [1.807, 2.05) is 18.5 Å². The molecule has 0 unspecified atom stereocenters. The van der Waals surface area contributed by atoms with Gasteiger partial charge in [-0.25, -0.2) is 9.67 Å². The summed E-state index contributed by atoms with van der Waals surface area (Å²) in [7, 11) is 0. The van der Waals surface area contributed by atoms with Gasteiger partial charge >= 0.3 is 0 Å². The summed E-state index contributed by atoms with van der Waals surface area (Å²) in [6, 6.07) is 4.88. The fraction of sp³-hybridized carbons (Fsp3) is 0.733. The Morgan fingerprint density at radius 2 is 2.19 bits per heavy atom. The van der Waals surface area contributed by atoms with Gasteiger partial charge in [0, 0.05) is 19.0 Å². The van der Waals surface area contributed by atoms with Gasteiger partial charge in [-0.15, -0.1) is 0 Å². The Labute approximate surface area is 126 Å². The first-order valence-electron chi connectivity index (χ1n) is 7.52. The van der Waals surface area contributed by atoms with Gasteiger partial charge in [-0.1, -0.05) is 0 Å². The molecule has 0 radical (unpaired) electrons. The highest BCUT2D eigenvalue weighted by Crippen LogP contribution is 2.21. The second kappa shape index (κ2) is 7.19. The minimum atomic E-state index is -0.0520. The Morgan fingerprint density at radius 1 is 1.38 bits per heavy atom. The summed E-state index contributed by atoms with van der Waals surface area (Å²) in [6.45, 7) is 6.51. The highest BCUT2D eigenvalue weighted by molar-refractivity contribution is 4.93. The summed E-state index contributed by atoms with van der Waals surface area (Å²) in [5.41, 5.74) is 0. The van der Waals surface area contributed by atoms with E-state index >= 15 is 0 Å². The summed E-state index contributed by atoms with van der Waals surface area (Å²) < 4.78 is 1.97. The highest BCUT2D eigenvalue weighted by atomic mass is 15.4. The van der Waals surface area contributed by atoms with Crippen LogP contribution in [0.15, 0.2) is 0 Å². The van der Waals surface area contributed by atoms with Gasteiger partial charge in [0.15, 0.2) is 0 Å². The van der Waals surface area contributed by atoms with Crippen LogP contribution in [0.1, 0.15) is 37.3 Å². The van der Waals surface area contributed by atoms with E-state index in [1.165, 1.54) is 0 Å². The van der Waals surface area contributed by atoms with Gasteiger partial charge < -0.3 is 0 Å². The van der Waals surface area contributed by atoms with E-state index in [4.69, 9.17) is 5.26 Å². The fourth-order valence-corrected chi connectivity index (χ4v) is 2.99. The Morgan fingerprint density at radius 3 is 2.81 bits per heavy atom. The zero-order valence-electron chi connectivity index (χ0n) is 12.8. The van der Waals surface area contributed by atoms with E-state index in [2.05, 4.69) is 27.1 Å². The summed E-state index contributed by atoms with van der Waals surface area (Å²) in [6.07, 6.45) is 3.42. The molecule has 1 aliphatic rings. The first-order chi connectivity index (χ1) is 10.1. The van der Waals surface area contributed by atoms with Crippen LogP contribution < -0.4 is 0 Å². The number of nitriles is 2. The third-order valence-corrected chi connectivity index (χ3v) is 4.09. The predicted octanol–water partition coefficient (Wildman–Crippen LogP) is 1.80. The van der Waals surface area contributed by atoms with Crippen molar-refractivity contribution in [2.24, 2.45) is 5.92 Å². The van der Waals surface area contributed by atoms with Crippen molar-refractivity contribution in [3.63, 3.8) is 0 Å². The lowest BCUT2D eigenvalue weighted by atomic mass is 10.0. The van der Waals surface area contributed by atoms with Gasteiger partial charge in [0.05, 0.1) is 24.6 Å². The molecule has 6 nitrogen and oxygen atoms in total. The van der Waals surface area contributed by atoms with Crippen LogP contribution in [0.5, 0.6) is 0 Å². The molecule has 1 aliphatic heterocycles. The van der Waals surface area contributed by atoms with Crippen LogP contribution in [0.25, 0.3) is 0 Å². The summed E-state index contributed by atoms with van der Waals surface area (Å²) in [4.78, 5) is 6.72. The molecule has 0 N–H and O–H groups in total. The minimum absolute atomic E-state index is 0.0520. The Kier molecular flexibility index (Phi) is 5.30. The van der Waals surface area contributed by atoms with Crippen molar-refractivity contribution in [3.05, 3.63) is 11.6 Å². The standard InChI is InChI=1S/C15H22N6/c1-12-18-13(2)21(19-12)11-15-6-4-8-20(15)10-14(9-17)5-3-7-16/h14-15H,3-6,8,10-11H2,1-2H3/t14-,15-/m1/s1. The number of hydrogen-bond acceptors (Lipinski definition) is 5. The number of nitrogens with zero attached hydrogens (tertiary/aromatic N) is 6. The van der Waals surface area contributed by atoms with Crippen molar-refractivity contribution in [2.75, 3.05) is 13.1 Å². The van der Waals surface area contributed by atoms with Crippen LogP contribution in [-0.2, 0) is 6.54 Å². The Bertz CT molecular complexity index is 549. The summed E-state index contributed by atoms with van der Waals surface area (Å²) in [5.74, 6) is 1.70. The van der Waals surface area contributed by atoms with Crippen molar-refractivity contribution in [1.29, 1.82) is 10.5 Å². The lowest BCUT2D eigenvalue weighted by molar-refractivity contribution is 0.205. The molecule has 1 saturated heterocycles. The van der Waals surface area contributed by atoms with Crippen LogP contribution in [0.3, 0.4) is 0 Å². The summed E-state index contributed by atoms with van der Waals surface area (Å²) in [5, 5.41) is 22.3. The van der Waals surface area contributed by atoms with Crippen molar-refractivity contribution in [3.8, 4) is 12.1 Å². The normalized spacial score (nSPS) is 20.1. The van der Waals surface area contributed by atoms with E-state index in [9.17, 15) is 5.26 Å². The molecule has 0 spiro atoms. The van der Waals surface area contributed by atoms with Gasteiger partial charge in [0.1, 0.15) is 11.6 Å². The van der Waals surface area contributed by atoms with Crippen molar-refractivity contribution >= 4 is 0 Å². The topological polar surface area (TPSA) is 81.5 Å². The maximum atomic E-state index is 9.22. The SMILES string of the molecule is Cc1nc(C)n(C[C@H]2CCCN2C[C@@H](C#N)CCC#N)n1. The molecule has 1 fully saturated rings. The average molecular weight is 286 g/mol. The van der Waals surface area contributed by atoms with E-state index in [0.717, 1.165) is 44.1 Å². The molecular formula is C15H22N6. The summed E-state index contributed by atoms with van der Waals surface area (Å²) >= 11 is 0. The van der Waals surface area contributed by atoms with Crippen molar-refractivity contribution in [1.82, 2.24) is 19.7 Å². The zero-order chi connectivity index (χ0) is 15.2. The molecular weight excluding hydrogens is 264 g/mol. The third kappa shape index (κ3) is 4.03. The van der Waals surface area contributed by atoms with E-state index in [1.54, 1.807) is 0 Å². The number of aryl methyl sites for hydroxylation is 2. The number of rotatable bonds is 6. The van der Waals surface area contributed by atoms with Crippen LogP contribution in [0, 0.1) is 42.4 Å². The first kappa shape index (κ1) is 15.5.